The molecule has 0 atom stereocenters. The topological polar surface area (TPSA) is 93.7 Å². The van der Waals surface area contributed by atoms with E-state index in [1.165, 1.54) is 32.4 Å². The molecule has 0 bridgehead atoms. The lowest BCUT2D eigenvalue weighted by molar-refractivity contribution is 0.102. The van der Waals surface area contributed by atoms with Crippen molar-refractivity contribution in [3.8, 4) is 11.5 Å². The lowest BCUT2D eigenvalue weighted by atomic mass is 10.2. The number of methoxy groups -OCH3 is 2. The summed E-state index contributed by atoms with van der Waals surface area (Å²) < 4.78 is 38.7. The molecule has 0 fully saturated rings. The third kappa shape index (κ3) is 5.79. The second-order valence-corrected chi connectivity index (χ2v) is 8.95. The Bertz CT molecular complexity index is 1200. The van der Waals surface area contributed by atoms with Crippen LogP contribution < -0.4 is 19.5 Å². The summed E-state index contributed by atoms with van der Waals surface area (Å²) in [6.45, 7) is 0.205. The summed E-state index contributed by atoms with van der Waals surface area (Å²) in [5, 5.41) is 3.03. The van der Waals surface area contributed by atoms with Crippen molar-refractivity contribution in [3.05, 3.63) is 82.9 Å². The van der Waals surface area contributed by atoms with Crippen molar-refractivity contribution in [1.82, 2.24) is 4.72 Å². The zero-order valence-electron chi connectivity index (χ0n) is 17.6. The molecule has 0 aliphatic rings. The van der Waals surface area contributed by atoms with Crippen molar-refractivity contribution in [3.63, 3.8) is 0 Å². The maximum Gasteiger partial charge on any atom is 0.255 e. The van der Waals surface area contributed by atoms with Gasteiger partial charge in [-0.3, -0.25) is 4.79 Å². The van der Waals surface area contributed by atoms with Gasteiger partial charge in [-0.2, -0.15) is 0 Å². The minimum atomic E-state index is -3.91. The first kappa shape index (κ1) is 23.6. The zero-order valence-corrected chi connectivity index (χ0v) is 19.2. The Morgan fingerprint density at radius 2 is 1.62 bits per heavy atom. The fourth-order valence-corrected chi connectivity index (χ4v) is 4.51. The van der Waals surface area contributed by atoms with Gasteiger partial charge < -0.3 is 14.8 Å². The number of hydrogen-bond acceptors (Lipinski definition) is 5. The summed E-state index contributed by atoms with van der Waals surface area (Å²) >= 11 is 6.10. The molecule has 0 aliphatic heterocycles. The number of amides is 1. The molecule has 0 heterocycles. The van der Waals surface area contributed by atoms with Gasteiger partial charge in [0.1, 0.15) is 16.4 Å². The van der Waals surface area contributed by atoms with Crippen LogP contribution in [0.3, 0.4) is 0 Å². The van der Waals surface area contributed by atoms with Gasteiger partial charge in [-0.25, -0.2) is 13.1 Å². The molecule has 168 valence electrons. The van der Waals surface area contributed by atoms with Crippen molar-refractivity contribution >= 4 is 33.2 Å². The highest BCUT2D eigenvalue weighted by atomic mass is 35.5. The Morgan fingerprint density at radius 3 is 2.28 bits per heavy atom. The molecule has 7 nitrogen and oxygen atoms in total. The van der Waals surface area contributed by atoms with Gasteiger partial charge in [-0.05, 0) is 48.4 Å². The maximum atomic E-state index is 12.9. The summed E-state index contributed by atoms with van der Waals surface area (Å²) in [5.41, 5.74) is 1.61. The predicted molar refractivity (Wildman–Crippen MR) is 124 cm³/mol. The quantitative estimate of drug-likeness (QED) is 0.486. The van der Waals surface area contributed by atoms with Gasteiger partial charge >= 0.3 is 0 Å². The number of ether oxygens (including phenoxy) is 2. The Morgan fingerprint density at radius 1 is 0.938 bits per heavy atom. The highest BCUT2D eigenvalue weighted by molar-refractivity contribution is 7.89. The number of carbonyl (C=O) groups is 1. The molecule has 2 N–H and O–H groups in total. The minimum Gasteiger partial charge on any atom is -0.495 e. The molecule has 0 unspecified atom stereocenters. The van der Waals surface area contributed by atoms with E-state index in [1.54, 1.807) is 18.2 Å². The van der Waals surface area contributed by atoms with Gasteiger partial charge in [0.05, 0.1) is 19.2 Å². The van der Waals surface area contributed by atoms with E-state index in [2.05, 4.69) is 10.0 Å². The summed E-state index contributed by atoms with van der Waals surface area (Å²) in [5.74, 6) is 0.125. The molecule has 0 radical (unpaired) electrons. The van der Waals surface area contributed by atoms with Gasteiger partial charge in [0.25, 0.3) is 5.91 Å². The van der Waals surface area contributed by atoms with Crippen LogP contribution in [0, 0.1) is 0 Å². The van der Waals surface area contributed by atoms with E-state index in [4.69, 9.17) is 21.1 Å². The highest BCUT2D eigenvalue weighted by Gasteiger charge is 2.21. The molecule has 3 aromatic rings. The smallest absolute Gasteiger partial charge is 0.255 e. The Balaban J connectivity index is 1.77. The van der Waals surface area contributed by atoms with Crippen LogP contribution in [-0.4, -0.2) is 35.1 Å². The van der Waals surface area contributed by atoms with Crippen LogP contribution in [-0.2, 0) is 16.4 Å². The molecule has 3 rings (SSSR count). The second-order valence-electron chi connectivity index (χ2n) is 6.80. The Kier molecular flexibility index (Phi) is 7.74. The minimum absolute atomic E-state index is 0.117. The summed E-state index contributed by atoms with van der Waals surface area (Å²) in [6, 6.07) is 18.5. The number of hydrogen-bond donors (Lipinski definition) is 2. The molecule has 1 amide bonds. The largest absolute Gasteiger partial charge is 0.495 e. The lowest BCUT2D eigenvalue weighted by Crippen LogP contribution is -2.27. The van der Waals surface area contributed by atoms with Gasteiger partial charge in [-0.15, -0.1) is 0 Å². The molecule has 0 saturated heterocycles. The van der Waals surface area contributed by atoms with Crippen LogP contribution in [0.1, 0.15) is 15.9 Å². The number of anilines is 1. The number of carbonyl (C=O) groups excluding carboxylic acids is 1. The van der Waals surface area contributed by atoms with Gasteiger partial charge in [0, 0.05) is 17.8 Å². The van der Waals surface area contributed by atoms with Crippen LogP contribution in [0.4, 0.5) is 5.69 Å². The second kappa shape index (κ2) is 10.5. The van der Waals surface area contributed by atoms with E-state index in [0.717, 1.165) is 5.56 Å². The predicted octanol–water partition coefficient (Wildman–Crippen LogP) is 4.13. The standard InChI is InChI=1S/C23H23ClN2O5S/c1-30-20-11-9-18(15-19(20)24)26-23(27)17-8-10-21(31-2)22(14-17)32(28,29)25-13-12-16-6-4-3-5-7-16/h3-11,14-15,25H,12-13H2,1-2H3,(H,26,27). The average molecular weight is 475 g/mol. The first-order valence-electron chi connectivity index (χ1n) is 9.70. The van der Waals surface area contributed by atoms with E-state index < -0.39 is 15.9 Å². The van der Waals surface area contributed by atoms with Crippen LogP contribution >= 0.6 is 11.6 Å². The molecular weight excluding hydrogens is 452 g/mol. The summed E-state index contributed by atoms with van der Waals surface area (Å²) in [6.07, 6.45) is 0.529. The third-order valence-corrected chi connectivity index (χ3v) is 6.45. The molecule has 32 heavy (non-hydrogen) atoms. The van der Waals surface area contributed by atoms with Crippen LogP contribution in [0.15, 0.2) is 71.6 Å². The molecule has 9 heteroatoms. The van der Waals surface area contributed by atoms with E-state index in [9.17, 15) is 13.2 Å². The Hall–Kier alpha value is -3.07. The summed E-state index contributed by atoms with van der Waals surface area (Å²) in [7, 11) is -1.05. The van der Waals surface area contributed by atoms with Crippen molar-refractivity contribution in [2.45, 2.75) is 11.3 Å². The van der Waals surface area contributed by atoms with Crippen molar-refractivity contribution in [2.24, 2.45) is 0 Å². The van der Waals surface area contributed by atoms with Crippen molar-refractivity contribution in [2.75, 3.05) is 26.1 Å². The van der Waals surface area contributed by atoms with E-state index in [0.29, 0.717) is 22.9 Å². The fourth-order valence-electron chi connectivity index (χ4n) is 3.03. The number of rotatable bonds is 9. The Labute approximate surface area is 192 Å². The van der Waals surface area contributed by atoms with Crippen molar-refractivity contribution < 1.29 is 22.7 Å². The SMILES string of the molecule is COc1ccc(NC(=O)c2ccc(OC)c(S(=O)(=O)NCCc3ccccc3)c2)cc1Cl. The van der Waals surface area contributed by atoms with Gasteiger partial charge in [0.15, 0.2) is 0 Å². The van der Waals surface area contributed by atoms with E-state index >= 15 is 0 Å². The monoisotopic (exact) mass is 474 g/mol. The van der Waals surface area contributed by atoms with Crippen molar-refractivity contribution in [1.29, 1.82) is 0 Å². The first-order chi connectivity index (χ1) is 15.3. The maximum absolute atomic E-state index is 12.9. The highest BCUT2D eigenvalue weighted by Crippen LogP contribution is 2.28. The normalized spacial score (nSPS) is 11.1. The average Bonchev–Trinajstić information content (AvgIpc) is 2.79. The molecule has 0 aromatic heterocycles. The molecular formula is C23H23ClN2O5S. The molecule has 3 aromatic carbocycles. The van der Waals surface area contributed by atoms with Gasteiger partial charge in [-0.1, -0.05) is 41.9 Å². The van der Waals surface area contributed by atoms with Gasteiger partial charge in [0.2, 0.25) is 10.0 Å². The number of nitrogens with one attached hydrogen (secondary N) is 2. The molecule has 0 saturated carbocycles. The number of sulfonamides is 1. The molecule has 0 aliphatic carbocycles. The fraction of sp³-hybridized carbons (Fsp3) is 0.174. The number of halogens is 1. The summed E-state index contributed by atoms with van der Waals surface area (Å²) in [4.78, 5) is 12.6. The molecule has 0 spiro atoms. The first-order valence-corrected chi connectivity index (χ1v) is 11.6. The van der Waals surface area contributed by atoms with Crippen LogP contribution in [0.2, 0.25) is 5.02 Å². The van der Waals surface area contributed by atoms with Crippen LogP contribution in [0.5, 0.6) is 11.5 Å². The van der Waals surface area contributed by atoms with Crippen LogP contribution in [0.25, 0.3) is 0 Å². The zero-order chi connectivity index (χ0) is 23.1. The van der Waals surface area contributed by atoms with E-state index in [1.807, 2.05) is 30.3 Å². The lowest BCUT2D eigenvalue weighted by Gasteiger charge is -2.13. The van der Waals surface area contributed by atoms with E-state index in [-0.39, 0.29) is 22.8 Å². The number of benzene rings is 3. The third-order valence-electron chi connectivity index (χ3n) is 4.67.